The number of hydrogen-bond donors (Lipinski definition) is 4. The Morgan fingerprint density at radius 3 is 2.72 bits per heavy atom. The largest absolute Gasteiger partial charge is 0.391 e. The Balaban J connectivity index is 1.30. The summed E-state index contributed by atoms with van der Waals surface area (Å²) in [6.45, 7) is 3.61. The molecule has 36 heavy (non-hydrogen) atoms. The summed E-state index contributed by atoms with van der Waals surface area (Å²) >= 11 is 1.35. The van der Waals surface area contributed by atoms with Crippen LogP contribution >= 0.6 is 11.3 Å². The lowest BCUT2D eigenvalue weighted by molar-refractivity contribution is -0.117. The normalized spacial score (nSPS) is 22.7. The van der Waals surface area contributed by atoms with E-state index in [2.05, 4.69) is 47.6 Å². The highest BCUT2D eigenvalue weighted by Crippen LogP contribution is 2.39. The fourth-order valence-corrected chi connectivity index (χ4v) is 5.09. The Kier molecular flexibility index (Phi) is 6.15. The van der Waals surface area contributed by atoms with Crippen molar-refractivity contribution in [2.45, 2.75) is 37.3 Å². The number of aliphatic hydroxyl groups is 1. The van der Waals surface area contributed by atoms with Crippen LogP contribution in [0, 0.1) is 0 Å². The zero-order chi connectivity index (χ0) is 24.6. The highest BCUT2D eigenvalue weighted by atomic mass is 32.1. The SMILES string of the molecule is CN1CCN(c2nc(Nc3cc(C4CC4)[nH]n3)nc(N3C[C@@H](O)C[C@H]3C(=O)Nc3nccs3)n2)CC1. The Labute approximate surface area is 212 Å². The number of β-amino-alcohol motifs (C(OH)–C–C–N with tert-alkyl or cyclic N) is 1. The number of hydrogen-bond acceptors (Lipinski definition) is 12. The van der Waals surface area contributed by atoms with Crippen LogP contribution in [0.1, 0.15) is 30.9 Å². The number of nitrogens with one attached hydrogen (secondary N) is 3. The molecule has 13 nitrogen and oxygen atoms in total. The minimum absolute atomic E-state index is 0.246. The second-order valence-corrected chi connectivity index (χ2v) is 10.4. The number of aliphatic hydroxyl groups excluding tert-OH is 1. The number of rotatable bonds is 7. The van der Waals surface area contributed by atoms with Crippen molar-refractivity contribution in [3.05, 3.63) is 23.3 Å². The lowest BCUT2D eigenvalue weighted by atomic mass is 10.2. The van der Waals surface area contributed by atoms with E-state index in [-0.39, 0.29) is 18.9 Å². The number of aromatic nitrogens is 6. The number of nitrogens with zero attached hydrogens (tertiary/aromatic N) is 8. The second-order valence-electron chi connectivity index (χ2n) is 9.54. The first-order valence-corrected chi connectivity index (χ1v) is 13.1. The van der Waals surface area contributed by atoms with E-state index in [1.54, 1.807) is 16.5 Å². The number of amides is 1. The molecule has 2 atom stereocenters. The van der Waals surface area contributed by atoms with Crippen LogP contribution in [-0.2, 0) is 4.79 Å². The summed E-state index contributed by atoms with van der Waals surface area (Å²) in [5, 5.41) is 26.3. The van der Waals surface area contributed by atoms with Gasteiger partial charge in [0, 0.05) is 68.4 Å². The van der Waals surface area contributed by atoms with Gasteiger partial charge in [-0.25, -0.2) is 4.98 Å². The average Bonchev–Trinajstić information content (AvgIpc) is 3.22. The van der Waals surface area contributed by atoms with Gasteiger partial charge in [0.1, 0.15) is 6.04 Å². The van der Waals surface area contributed by atoms with Gasteiger partial charge in [-0.05, 0) is 19.9 Å². The monoisotopic (exact) mass is 511 g/mol. The molecule has 3 aromatic rings. The van der Waals surface area contributed by atoms with Gasteiger partial charge in [0.15, 0.2) is 10.9 Å². The molecule has 5 heterocycles. The van der Waals surface area contributed by atoms with E-state index in [1.807, 2.05) is 6.07 Å². The molecule has 6 rings (SSSR count). The maximum atomic E-state index is 13.1. The van der Waals surface area contributed by atoms with Crippen molar-refractivity contribution in [2.75, 3.05) is 60.2 Å². The Hall–Kier alpha value is -3.36. The van der Waals surface area contributed by atoms with Crippen molar-refractivity contribution in [1.29, 1.82) is 0 Å². The average molecular weight is 512 g/mol. The summed E-state index contributed by atoms with van der Waals surface area (Å²) in [4.78, 5) is 37.5. The first kappa shape index (κ1) is 23.1. The smallest absolute Gasteiger partial charge is 0.249 e. The minimum atomic E-state index is -0.676. The minimum Gasteiger partial charge on any atom is -0.391 e. The summed E-state index contributed by atoms with van der Waals surface area (Å²) in [5.41, 5.74) is 1.10. The zero-order valence-corrected chi connectivity index (χ0v) is 20.8. The van der Waals surface area contributed by atoms with Gasteiger partial charge in [0.25, 0.3) is 0 Å². The Morgan fingerprint density at radius 1 is 1.17 bits per heavy atom. The molecule has 0 spiro atoms. The molecule has 14 heteroatoms. The zero-order valence-electron chi connectivity index (χ0n) is 20.0. The molecule has 2 saturated heterocycles. The van der Waals surface area contributed by atoms with Crippen molar-refractivity contribution in [3.63, 3.8) is 0 Å². The maximum absolute atomic E-state index is 13.1. The number of carbonyl (C=O) groups is 1. The first-order chi connectivity index (χ1) is 17.5. The molecule has 0 bridgehead atoms. The fourth-order valence-electron chi connectivity index (χ4n) is 4.56. The third kappa shape index (κ3) is 4.96. The predicted molar refractivity (Wildman–Crippen MR) is 136 cm³/mol. The standard InChI is InChI=1S/C22H29N11O2S/c1-31-5-7-32(8-6-31)20-26-19(24-17-11-15(29-30-17)13-2-3-13)27-21(28-20)33-12-14(34)10-16(33)18(35)25-22-23-4-9-36-22/h4,9,11,13-14,16,34H,2-3,5-8,10,12H2,1H3,(H,23,25,35)(H2,24,26,27,28,29,30)/t14-,16-/m0/s1. The number of anilines is 5. The van der Waals surface area contributed by atoms with E-state index >= 15 is 0 Å². The maximum Gasteiger partial charge on any atom is 0.249 e. The molecule has 0 unspecified atom stereocenters. The van der Waals surface area contributed by atoms with Crippen molar-refractivity contribution < 1.29 is 9.90 Å². The van der Waals surface area contributed by atoms with Gasteiger partial charge >= 0.3 is 0 Å². The van der Waals surface area contributed by atoms with E-state index < -0.39 is 12.1 Å². The summed E-state index contributed by atoms with van der Waals surface area (Å²) in [6, 6.07) is 1.35. The summed E-state index contributed by atoms with van der Waals surface area (Å²) in [6.07, 6.45) is 3.58. The highest BCUT2D eigenvalue weighted by Gasteiger charge is 2.38. The number of H-pyrrole nitrogens is 1. The third-order valence-corrected chi connectivity index (χ3v) is 7.44. The molecule has 4 N–H and O–H groups in total. The highest BCUT2D eigenvalue weighted by molar-refractivity contribution is 7.13. The van der Waals surface area contributed by atoms with Crippen molar-refractivity contribution in [1.82, 2.24) is 35.0 Å². The van der Waals surface area contributed by atoms with Crippen LogP contribution in [0.3, 0.4) is 0 Å². The lowest BCUT2D eigenvalue weighted by Crippen LogP contribution is -2.45. The quantitative estimate of drug-likeness (QED) is 0.360. The molecule has 0 aromatic carbocycles. The summed E-state index contributed by atoms with van der Waals surface area (Å²) in [7, 11) is 2.09. The molecule has 3 aromatic heterocycles. The number of carbonyl (C=O) groups excluding carboxylic acids is 1. The van der Waals surface area contributed by atoms with Gasteiger partial charge in [0.2, 0.25) is 23.8 Å². The molecule has 3 aliphatic rings. The van der Waals surface area contributed by atoms with E-state index in [1.165, 1.54) is 24.2 Å². The molecular weight excluding hydrogens is 482 g/mol. The van der Waals surface area contributed by atoms with Crippen LogP contribution in [0.15, 0.2) is 17.6 Å². The van der Waals surface area contributed by atoms with Gasteiger partial charge in [-0.15, -0.1) is 11.3 Å². The number of aromatic amines is 1. The second kappa shape index (κ2) is 9.59. The number of piperazine rings is 1. The molecule has 1 aliphatic carbocycles. The third-order valence-electron chi connectivity index (χ3n) is 6.75. The molecule has 190 valence electrons. The lowest BCUT2D eigenvalue weighted by Gasteiger charge is -2.33. The van der Waals surface area contributed by atoms with Crippen LogP contribution < -0.4 is 20.4 Å². The first-order valence-electron chi connectivity index (χ1n) is 12.2. The van der Waals surface area contributed by atoms with Crippen molar-refractivity contribution in [3.8, 4) is 0 Å². The van der Waals surface area contributed by atoms with E-state index in [4.69, 9.17) is 9.97 Å². The van der Waals surface area contributed by atoms with Crippen LogP contribution in [0.5, 0.6) is 0 Å². The Bertz CT molecular complexity index is 1210. The molecular formula is C22H29N11O2S. The van der Waals surface area contributed by atoms with E-state index in [0.717, 1.165) is 31.9 Å². The van der Waals surface area contributed by atoms with Gasteiger partial charge in [-0.3, -0.25) is 9.89 Å². The van der Waals surface area contributed by atoms with E-state index in [9.17, 15) is 9.90 Å². The molecule has 0 radical (unpaired) electrons. The number of likely N-dealkylation sites (N-methyl/N-ethyl adjacent to an activating group) is 1. The summed E-state index contributed by atoms with van der Waals surface area (Å²) in [5.74, 6) is 2.16. The topological polar surface area (TPSA) is 151 Å². The predicted octanol–water partition coefficient (Wildman–Crippen LogP) is 1.00. The van der Waals surface area contributed by atoms with Crippen LogP contribution in [0.25, 0.3) is 0 Å². The molecule has 3 fully saturated rings. The van der Waals surface area contributed by atoms with Gasteiger partial charge in [0.05, 0.1) is 6.10 Å². The van der Waals surface area contributed by atoms with Gasteiger partial charge < -0.3 is 30.4 Å². The summed E-state index contributed by atoms with van der Waals surface area (Å²) < 4.78 is 0. The van der Waals surface area contributed by atoms with Gasteiger partial charge in [-0.2, -0.15) is 20.1 Å². The fraction of sp³-hybridized carbons (Fsp3) is 0.545. The molecule has 2 aliphatic heterocycles. The molecule has 1 amide bonds. The molecule has 1 saturated carbocycles. The Morgan fingerprint density at radius 2 is 1.97 bits per heavy atom. The van der Waals surface area contributed by atoms with E-state index in [0.29, 0.717) is 34.7 Å². The van der Waals surface area contributed by atoms with Crippen molar-refractivity contribution >= 4 is 46.0 Å². The van der Waals surface area contributed by atoms with Gasteiger partial charge in [-0.1, -0.05) is 0 Å². The number of thiazole rings is 1. The van der Waals surface area contributed by atoms with Crippen LogP contribution in [0.2, 0.25) is 0 Å². The van der Waals surface area contributed by atoms with Crippen LogP contribution in [-0.4, -0.2) is 98.0 Å². The van der Waals surface area contributed by atoms with Crippen LogP contribution in [0.4, 0.5) is 28.8 Å². The van der Waals surface area contributed by atoms with Crippen molar-refractivity contribution in [2.24, 2.45) is 0 Å².